The molecule has 1 saturated heterocycles. The summed E-state index contributed by atoms with van der Waals surface area (Å²) >= 11 is 0. The Morgan fingerprint density at radius 1 is 1.10 bits per heavy atom. The number of aliphatic imine (C=N–C) groups is 1. The van der Waals surface area contributed by atoms with Crippen LogP contribution in [0.5, 0.6) is 0 Å². The lowest BCUT2D eigenvalue weighted by atomic mass is 10.0. The Hall–Kier alpha value is -2.83. The number of imide groups is 1. The van der Waals surface area contributed by atoms with E-state index in [1.54, 1.807) is 11.9 Å². The number of urea groups is 1. The monoisotopic (exact) mass is 409 g/mol. The molecule has 3 unspecified atom stereocenters. The van der Waals surface area contributed by atoms with Crippen LogP contribution < -0.4 is 0 Å². The molecule has 1 aromatic carbocycles. The first-order valence-corrected chi connectivity index (χ1v) is 10.6. The highest BCUT2D eigenvalue weighted by Crippen LogP contribution is 2.39. The molecule has 1 aromatic rings. The van der Waals surface area contributed by atoms with Gasteiger partial charge in [-0.1, -0.05) is 30.7 Å². The zero-order chi connectivity index (χ0) is 21.9. The molecular formula is C23H31N5O2. The molecule has 3 aliphatic heterocycles. The van der Waals surface area contributed by atoms with Crippen molar-refractivity contribution in [2.75, 3.05) is 7.05 Å². The Balaban J connectivity index is 1.70. The van der Waals surface area contributed by atoms with Crippen LogP contribution in [0.4, 0.5) is 4.79 Å². The lowest BCUT2D eigenvalue weighted by Gasteiger charge is -2.41. The average Bonchev–Trinajstić information content (AvgIpc) is 3.21. The number of carbonyl (C=O) groups excluding carboxylic acids is 2. The summed E-state index contributed by atoms with van der Waals surface area (Å²) in [6.07, 6.45) is 0.471. The van der Waals surface area contributed by atoms with Gasteiger partial charge >= 0.3 is 6.03 Å². The highest BCUT2D eigenvalue weighted by Gasteiger charge is 2.56. The molecular weight excluding hydrogens is 378 g/mol. The van der Waals surface area contributed by atoms with E-state index in [-0.39, 0.29) is 24.5 Å². The van der Waals surface area contributed by atoms with Gasteiger partial charge in [-0.2, -0.15) is 0 Å². The number of benzene rings is 1. The highest BCUT2D eigenvalue weighted by atomic mass is 16.2. The van der Waals surface area contributed by atoms with Crippen molar-refractivity contribution in [2.24, 2.45) is 4.99 Å². The molecule has 30 heavy (non-hydrogen) atoms. The number of fused-ring (bicyclic) bond motifs is 3. The first kappa shape index (κ1) is 20.4. The largest absolute Gasteiger partial charge is 0.328 e. The van der Waals surface area contributed by atoms with E-state index in [1.165, 1.54) is 4.90 Å². The molecule has 3 aliphatic rings. The van der Waals surface area contributed by atoms with Crippen molar-refractivity contribution in [3.8, 4) is 0 Å². The fourth-order valence-corrected chi connectivity index (χ4v) is 4.64. The Morgan fingerprint density at radius 3 is 2.47 bits per heavy atom. The van der Waals surface area contributed by atoms with E-state index >= 15 is 0 Å². The van der Waals surface area contributed by atoms with Crippen LogP contribution in [0, 0.1) is 13.8 Å². The predicted octanol–water partition coefficient (Wildman–Crippen LogP) is 3.43. The molecule has 7 heteroatoms. The summed E-state index contributed by atoms with van der Waals surface area (Å²) < 4.78 is 0. The van der Waals surface area contributed by atoms with Gasteiger partial charge in [0, 0.05) is 24.5 Å². The van der Waals surface area contributed by atoms with E-state index in [1.807, 2.05) is 43.9 Å². The molecule has 4 rings (SSSR count). The maximum atomic E-state index is 13.6. The second kappa shape index (κ2) is 7.15. The number of rotatable bonds is 4. The minimum Gasteiger partial charge on any atom is -0.312 e. The molecule has 0 spiro atoms. The van der Waals surface area contributed by atoms with Gasteiger partial charge in [0.15, 0.2) is 12.2 Å². The molecule has 0 radical (unpaired) electrons. The summed E-state index contributed by atoms with van der Waals surface area (Å²) in [5.41, 5.74) is 5.34. The first-order chi connectivity index (χ1) is 14.2. The lowest BCUT2D eigenvalue weighted by Crippen LogP contribution is -2.64. The average molecular weight is 410 g/mol. The highest BCUT2D eigenvalue weighted by molar-refractivity contribution is 6.05. The molecule has 0 aliphatic carbocycles. The van der Waals surface area contributed by atoms with E-state index in [0.29, 0.717) is 0 Å². The Labute approximate surface area is 178 Å². The normalized spacial score (nSPS) is 24.6. The van der Waals surface area contributed by atoms with Crippen molar-refractivity contribution in [3.05, 3.63) is 46.3 Å². The summed E-state index contributed by atoms with van der Waals surface area (Å²) in [6, 6.07) is 5.59. The zero-order valence-electron chi connectivity index (χ0n) is 18.9. The topological polar surface area (TPSA) is 59.5 Å². The minimum absolute atomic E-state index is 0.180. The fourth-order valence-electron chi connectivity index (χ4n) is 4.64. The van der Waals surface area contributed by atoms with Gasteiger partial charge in [-0.15, -0.1) is 0 Å². The lowest BCUT2D eigenvalue weighted by molar-refractivity contribution is -0.137. The third-order valence-corrected chi connectivity index (χ3v) is 6.80. The quantitative estimate of drug-likeness (QED) is 0.765. The van der Waals surface area contributed by atoms with Crippen LogP contribution in [0.1, 0.15) is 50.8 Å². The molecule has 160 valence electrons. The Bertz CT molecular complexity index is 982. The van der Waals surface area contributed by atoms with Crippen molar-refractivity contribution in [3.63, 3.8) is 0 Å². The third kappa shape index (κ3) is 2.82. The molecule has 3 atom stereocenters. The zero-order valence-corrected chi connectivity index (χ0v) is 18.9. The van der Waals surface area contributed by atoms with Gasteiger partial charge < -0.3 is 9.80 Å². The van der Waals surface area contributed by atoms with Crippen LogP contribution in [0.3, 0.4) is 0 Å². The number of guanidine groups is 1. The Morgan fingerprint density at radius 2 is 1.80 bits per heavy atom. The van der Waals surface area contributed by atoms with Crippen LogP contribution in [-0.4, -0.2) is 62.8 Å². The number of nitrogens with zero attached hydrogens (tertiary/aromatic N) is 5. The Kier molecular flexibility index (Phi) is 4.87. The van der Waals surface area contributed by atoms with Crippen LogP contribution >= 0.6 is 0 Å². The van der Waals surface area contributed by atoms with E-state index in [4.69, 9.17) is 4.99 Å². The minimum atomic E-state index is -0.517. The van der Waals surface area contributed by atoms with E-state index < -0.39 is 12.2 Å². The van der Waals surface area contributed by atoms with Gasteiger partial charge in [-0.05, 0) is 52.2 Å². The van der Waals surface area contributed by atoms with Gasteiger partial charge in [-0.3, -0.25) is 14.6 Å². The second-order valence-electron chi connectivity index (χ2n) is 8.70. The van der Waals surface area contributed by atoms with E-state index in [9.17, 15) is 9.59 Å². The molecule has 3 amide bonds. The van der Waals surface area contributed by atoms with Gasteiger partial charge in [0.25, 0.3) is 5.91 Å². The van der Waals surface area contributed by atoms with Crippen LogP contribution in [-0.2, 0) is 11.3 Å². The maximum Gasteiger partial charge on any atom is 0.328 e. The summed E-state index contributed by atoms with van der Waals surface area (Å²) in [6.45, 7) is 12.7. The van der Waals surface area contributed by atoms with Crippen molar-refractivity contribution in [1.82, 2.24) is 19.6 Å². The van der Waals surface area contributed by atoms with Crippen molar-refractivity contribution >= 4 is 17.9 Å². The molecule has 0 N–H and O–H groups in total. The summed E-state index contributed by atoms with van der Waals surface area (Å²) in [4.78, 5) is 38.9. The number of aryl methyl sites for hydroxylation is 2. The summed E-state index contributed by atoms with van der Waals surface area (Å²) in [5.74, 6) is 0.608. The molecule has 0 aromatic heterocycles. The fraction of sp³-hybridized carbons (Fsp3) is 0.522. The third-order valence-electron chi connectivity index (χ3n) is 6.80. The van der Waals surface area contributed by atoms with E-state index in [2.05, 4.69) is 25.7 Å². The maximum absolute atomic E-state index is 13.6. The van der Waals surface area contributed by atoms with Crippen LogP contribution in [0.2, 0.25) is 0 Å². The van der Waals surface area contributed by atoms with Crippen LogP contribution in [0.25, 0.3) is 0 Å². The molecule has 0 saturated carbocycles. The SMILES string of the molecule is CCC(C)N1C2=NC3C(C(=O)N(Cc4cc(C)ccc4C)C(=O)N3C)N2C(C)=C1C. The number of amides is 3. The summed E-state index contributed by atoms with van der Waals surface area (Å²) in [7, 11) is 1.74. The second-order valence-corrected chi connectivity index (χ2v) is 8.70. The van der Waals surface area contributed by atoms with Crippen molar-refractivity contribution in [1.29, 1.82) is 0 Å². The molecule has 7 nitrogen and oxygen atoms in total. The number of allylic oxidation sites excluding steroid dienone is 2. The molecule has 1 fully saturated rings. The van der Waals surface area contributed by atoms with E-state index in [0.717, 1.165) is 40.5 Å². The van der Waals surface area contributed by atoms with Crippen molar-refractivity contribution < 1.29 is 9.59 Å². The number of hydrogen-bond acceptors (Lipinski definition) is 5. The molecule has 0 bridgehead atoms. The first-order valence-electron chi connectivity index (χ1n) is 10.6. The van der Waals surface area contributed by atoms with Crippen molar-refractivity contribution in [2.45, 2.75) is 72.8 Å². The van der Waals surface area contributed by atoms with Crippen LogP contribution in [0.15, 0.2) is 34.6 Å². The number of likely N-dealkylation sites (N-methyl/N-ethyl adjacent to an activating group) is 1. The van der Waals surface area contributed by atoms with Gasteiger partial charge in [0.05, 0.1) is 6.54 Å². The molecule has 3 heterocycles. The predicted molar refractivity (Wildman–Crippen MR) is 116 cm³/mol. The number of hydrogen-bond donors (Lipinski definition) is 0. The van der Waals surface area contributed by atoms with Gasteiger partial charge in [0.1, 0.15) is 0 Å². The smallest absolute Gasteiger partial charge is 0.312 e. The van der Waals surface area contributed by atoms with Gasteiger partial charge in [0.2, 0.25) is 5.96 Å². The number of carbonyl (C=O) groups is 2. The summed E-state index contributed by atoms with van der Waals surface area (Å²) in [5, 5.41) is 0. The standard InChI is InChI=1S/C23H31N5O2/c1-8-15(4)27-16(5)17(6)28-19-20(24-22(27)28)25(7)23(30)26(21(19)29)12-18-11-13(2)9-10-14(18)3/h9-11,15,19-20H,8,12H2,1-7H3. The van der Waals surface area contributed by atoms with Gasteiger partial charge in [-0.25, -0.2) is 9.79 Å².